The zero-order chi connectivity index (χ0) is 19.8. The number of benzene rings is 1. The molecular weight excluding hydrogens is 362 g/mol. The smallest absolute Gasteiger partial charge is 0.244 e. The highest BCUT2D eigenvalue weighted by Gasteiger charge is 2.41. The summed E-state index contributed by atoms with van der Waals surface area (Å²) in [6, 6.07) is 3.65. The van der Waals surface area contributed by atoms with E-state index in [9.17, 15) is 13.2 Å². The molecule has 7 heteroatoms. The largest absolute Gasteiger partial charge is 0.352 e. The molecule has 0 aliphatic carbocycles. The summed E-state index contributed by atoms with van der Waals surface area (Å²) in [5.41, 5.74) is 2.52. The van der Waals surface area contributed by atoms with E-state index in [-0.39, 0.29) is 11.9 Å². The number of rotatable bonds is 4. The van der Waals surface area contributed by atoms with Gasteiger partial charge < -0.3 is 10.6 Å². The molecule has 2 heterocycles. The number of carbonyl (C=O) groups is 1. The fraction of sp³-hybridized carbons (Fsp3) is 0.650. The lowest BCUT2D eigenvalue weighted by molar-refractivity contribution is -0.125. The van der Waals surface area contributed by atoms with E-state index in [1.54, 1.807) is 0 Å². The molecule has 1 aromatic carbocycles. The molecule has 1 amide bonds. The lowest BCUT2D eigenvalue weighted by atomic mass is 10.0. The monoisotopic (exact) mass is 393 g/mol. The Labute approximate surface area is 162 Å². The first kappa shape index (κ1) is 20.3. The van der Waals surface area contributed by atoms with Gasteiger partial charge in [0.05, 0.1) is 4.90 Å². The van der Waals surface area contributed by atoms with Crippen LogP contribution in [0.3, 0.4) is 0 Å². The molecule has 2 fully saturated rings. The molecule has 0 aromatic heterocycles. The summed E-state index contributed by atoms with van der Waals surface area (Å²) in [5.74, 6) is -0.155. The Morgan fingerprint density at radius 3 is 2.48 bits per heavy atom. The number of nitrogens with one attached hydrogen (secondary N) is 2. The van der Waals surface area contributed by atoms with Crippen LogP contribution in [0.2, 0.25) is 0 Å². The second-order valence-electron chi connectivity index (χ2n) is 8.09. The third-order valence-corrected chi connectivity index (χ3v) is 7.86. The zero-order valence-electron chi connectivity index (χ0n) is 16.7. The molecule has 3 unspecified atom stereocenters. The molecule has 0 radical (unpaired) electrons. The second kappa shape index (κ2) is 7.89. The van der Waals surface area contributed by atoms with Crippen LogP contribution in [0, 0.1) is 20.8 Å². The van der Waals surface area contributed by atoms with Crippen LogP contribution >= 0.6 is 0 Å². The van der Waals surface area contributed by atoms with E-state index >= 15 is 0 Å². The summed E-state index contributed by atoms with van der Waals surface area (Å²) in [6.45, 7) is 9.00. The predicted molar refractivity (Wildman–Crippen MR) is 106 cm³/mol. The van der Waals surface area contributed by atoms with Crippen LogP contribution in [0.1, 0.15) is 49.3 Å². The fourth-order valence-electron chi connectivity index (χ4n) is 4.54. The highest BCUT2D eigenvalue weighted by atomic mass is 32.2. The average Bonchev–Trinajstić information content (AvgIpc) is 3.04. The van der Waals surface area contributed by atoms with Crippen molar-refractivity contribution in [3.8, 4) is 0 Å². The van der Waals surface area contributed by atoms with Gasteiger partial charge in [0, 0.05) is 18.6 Å². The van der Waals surface area contributed by atoms with Crippen LogP contribution in [0.4, 0.5) is 0 Å². The SMILES string of the molecule is Cc1cc(C)c(S(=O)(=O)N2CCCC2C(=O)NC2CCNC(C)C2)c(C)c1. The Kier molecular flexibility index (Phi) is 5.93. The normalized spacial score (nSPS) is 26.9. The molecule has 2 aliphatic rings. The highest BCUT2D eigenvalue weighted by Crippen LogP contribution is 2.31. The molecule has 27 heavy (non-hydrogen) atoms. The first-order chi connectivity index (χ1) is 12.7. The molecule has 3 rings (SSSR count). The maximum absolute atomic E-state index is 13.4. The number of amides is 1. The summed E-state index contributed by atoms with van der Waals surface area (Å²) in [6.07, 6.45) is 3.05. The van der Waals surface area contributed by atoms with Gasteiger partial charge in [-0.3, -0.25) is 4.79 Å². The van der Waals surface area contributed by atoms with E-state index in [0.29, 0.717) is 30.3 Å². The minimum Gasteiger partial charge on any atom is -0.352 e. The minimum atomic E-state index is -3.70. The number of hydrogen-bond acceptors (Lipinski definition) is 4. The van der Waals surface area contributed by atoms with Gasteiger partial charge in [-0.2, -0.15) is 4.31 Å². The fourth-order valence-corrected chi connectivity index (χ4v) is 6.61. The van der Waals surface area contributed by atoms with Crippen molar-refractivity contribution in [1.29, 1.82) is 0 Å². The van der Waals surface area contributed by atoms with E-state index in [1.807, 2.05) is 32.9 Å². The Bertz CT molecular complexity index is 799. The minimum absolute atomic E-state index is 0.113. The molecule has 6 nitrogen and oxygen atoms in total. The van der Waals surface area contributed by atoms with Crippen LogP contribution < -0.4 is 10.6 Å². The standard InChI is InChI=1S/C20H31N3O3S/c1-13-10-14(2)19(15(3)11-13)27(25,26)23-9-5-6-18(23)20(24)22-17-7-8-21-16(4)12-17/h10-11,16-18,21H,5-9,12H2,1-4H3,(H,22,24). The third-order valence-electron chi connectivity index (χ3n) is 5.65. The molecule has 2 aliphatic heterocycles. The quantitative estimate of drug-likeness (QED) is 0.820. The molecule has 3 atom stereocenters. The molecule has 0 saturated carbocycles. The van der Waals surface area contributed by atoms with Gasteiger partial charge in [0.1, 0.15) is 6.04 Å². The summed E-state index contributed by atoms with van der Waals surface area (Å²) in [4.78, 5) is 13.2. The predicted octanol–water partition coefficient (Wildman–Crippen LogP) is 2.02. The van der Waals surface area contributed by atoms with Gasteiger partial charge in [0.2, 0.25) is 15.9 Å². The zero-order valence-corrected chi connectivity index (χ0v) is 17.5. The summed E-state index contributed by atoms with van der Waals surface area (Å²) in [5, 5.41) is 6.47. The van der Waals surface area contributed by atoms with E-state index in [2.05, 4.69) is 17.6 Å². The maximum Gasteiger partial charge on any atom is 0.244 e. The molecule has 2 saturated heterocycles. The van der Waals surface area contributed by atoms with Gasteiger partial charge in [-0.1, -0.05) is 17.7 Å². The van der Waals surface area contributed by atoms with E-state index in [0.717, 1.165) is 36.1 Å². The molecular formula is C20H31N3O3S. The first-order valence-electron chi connectivity index (χ1n) is 9.83. The van der Waals surface area contributed by atoms with Crippen molar-refractivity contribution in [3.05, 3.63) is 28.8 Å². The van der Waals surface area contributed by atoms with Gasteiger partial charge in [-0.15, -0.1) is 0 Å². The number of carbonyl (C=O) groups excluding carboxylic acids is 1. The van der Waals surface area contributed by atoms with E-state index in [1.165, 1.54) is 4.31 Å². The van der Waals surface area contributed by atoms with Crippen molar-refractivity contribution in [2.45, 2.75) is 76.4 Å². The average molecular weight is 394 g/mol. The van der Waals surface area contributed by atoms with Crippen molar-refractivity contribution < 1.29 is 13.2 Å². The van der Waals surface area contributed by atoms with Crippen molar-refractivity contribution in [2.75, 3.05) is 13.1 Å². The Morgan fingerprint density at radius 1 is 1.19 bits per heavy atom. The Morgan fingerprint density at radius 2 is 1.85 bits per heavy atom. The molecule has 0 bridgehead atoms. The Balaban J connectivity index is 1.82. The van der Waals surface area contributed by atoms with Crippen molar-refractivity contribution in [2.24, 2.45) is 0 Å². The van der Waals surface area contributed by atoms with Crippen LogP contribution in [0.25, 0.3) is 0 Å². The van der Waals surface area contributed by atoms with Gasteiger partial charge in [-0.05, 0) is 71.0 Å². The van der Waals surface area contributed by atoms with Crippen LogP contribution in [0.5, 0.6) is 0 Å². The third kappa shape index (κ3) is 4.20. The van der Waals surface area contributed by atoms with Gasteiger partial charge in [0.15, 0.2) is 0 Å². The van der Waals surface area contributed by atoms with Crippen LogP contribution in [0.15, 0.2) is 17.0 Å². The van der Waals surface area contributed by atoms with Crippen molar-refractivity contribution >= 4 is 15.9 Å². The number of sulfonamides is 1. The van der Waals surface area contributed by atoms with Crippen molar-refractivity contribution in [3.63, 3.8) is 0 Å². The van der Waals surface area contributed by atoms with Crippen LogP contribution in [-0.4, -0.2) is 49.8 Å². The summed E-state index contributed by atoms with van der Waals surface area (Å²) in [7, 11) is -3.70. The lowest BCUT2D eigenvalue weighted by Crippen LogP contribution is -2.52. The van der Waals surface area contributed by atoms with Crippen molar-refractivity contribution in [1.82, 2.24) is 14.9 Å². The Hall–Kier alpha value is -1.44. The number of hydrogen-bond donors (Lipinski definition) is 2. The second-order valence-corrected chi connectivity index (χ2v) is 9.91. The van der Waals surface area contributed by atoms with E-state index in [4.69, 9.17) is 0 Å². The van der Waals surface area contributed by atoms with Gasteiger partial charge >= 0.3 is 0 Å². The molecule has 150 valence electrons. The summed E-state index contributed by atoms with van der Waals surface area (Å²) >= 11 is 0. The highest BCUT2D eigenvalue weighted by molar-refractivity contribution is 7.89. The van der Waals surface area contributed by atoms with E-state index < -0.39 is 16.1 Å². The molecule has 0 spiro atoms. The first-order valence-corrected chi connectivity index (χ1v) is 11.3. The van der Waals surface area contributed by atoms with Crippen LogP contribution in [-0.2, 0) is 14.8 Å². The topological polar surface area (TPSA) is 78.5 Å². The lowest BCUT2D eigenvalue weighted by Gasteiger charge is -2.31. The maximum atomic E-state index is 13.4. The number of aryl methyl sites for hydroxylation is 3. The summed E-state index contributed by atoms with van der Waals surface area (Å²) < 4.78 is 28.2. The van der Waals surface area contributed by atoms with Gasteiger partial charge in [-0.25, -0.2) is 8.42 Å². The number of piperidine rings is 1. The molecule has 2 N–H and O–H groups in total. The molecule has 1 aromatic rings. The number of nitrogens with zero attached hydrogens (tertiary/aromatic N) is 1. The van der Waals surface area contributed by atoms with Gasteiger partial charge in [0.25, 0.3) is 0 Å².